The topological polar surface area (TPSA) is 0 Å². The maximum absolute atomic E-state index is 13.0. The highest BCUT2D eigenvalue weighted by Crippen LogP contribution is 2.29. The van der Waals surface area contributed by atoms with E-state index in [2.05, 4.69) is 37.3 Å². The van der Waals surface area contributed by atoms with Crippen LogP contribution in [0.2, 0.25) is 0 Å². The minimum absolute atomic E-state index is 0.199. The van der Waals surface area contributed by atoms with Crippen LogP contribution in [-0.4, -0.2) is 0 Å². The summed E-state index contributed by atoms with van der Waals surface area (Å²) < 4.78 is 13.0. The molecule has 88 valence electrons. The SMILES string of the molecule is Cc1ccc2c(-c3ccc(F)cc3)cccc2c1. The van der Waals surface area contributed by atoms with Gasteiger partial charge >= 0.3 is 0 Å². The first-order chi connectivity index (χ1) is 8.74. The molecule has 0 aromatic heterocycles. The van der Waals surface area contributed by atoms with Crippen molar-refractivity contribution in [3.63, 3.8) is 0 Å². The first kappa shape index (κ1) is 11.0. The molecule has 3 rings (SSSR count). The van der Waals surface area contributed by atoms with Gasteiger partial charge in [-0.1, -0.05) is 54.1 Å². The van der Waals surface area contributed by atoms with Gasteiger partial charge in [0, 0.05) is 0 Å². The number of hydrogen-bond acceptors (Lipinski definition) is 0. The van der Waals surface area contributed by atoms with Gasteiger partial charge in [-0.2, -0.15) is 0 Å². The lowest BCUT2D eigenvalue weighted by Crippen LogP contribution is -1.83. The highest BCUT2D eigenvalue weighted by atomic mass is 19.1. The van der Waals surface area contributed by atoms with Crippen LogP contribution in [0.3, 0.4) is 0 Å². The number of halogens is 1. The molecule has 0 radical (unpaired) electrons. The molecule has 0 fully saturated rings. The number of benzene rings is 3. The fourth-order valence-corrected chi connectivity index (χ4v) is 2.28. The van der Waals surface area contributed by atoms with E-state index < -0.39 is 0 Å². The van der Waals surface area contributed by atoms with E-state index in [0.717, 1.165) is 11.1 Å². The molecular formula is C17H13F. The Labute approximate surface area is 106 Å². The Hall–Kier alpha value is -2.15. The molecule has 0 heterocycles. The van der Waals surface area contributed by atoms with Crippen molar-refractivity contribution in [2.75, 3.05) is 0 Å². The van der Waals surface area contributed by atoms with Crippen molar-refractivity contribution in [3.8, 4) is 11.1 Å². The third kappa shape index (κ3) is 1.88. The molecule has 0 spiro atoms. The van der Waals surface area contributed by atoms with Crippen LogP contribution in [0.5, 0.6) is 0 Å². The molecule has 0 unspecified atom stereocenters. The Morgan fingerprint density at radius 2 is 1.61 bits per heavy atom. The first-order valence-electron chi connectivity index (χ1n) is 5.99. The third-order valence-corrected chi connectivity index (χ3v) is 3.19. The number of aryl methyl sites for hydroxylation is 1. The van der Waals surface area contributed by atoms with Crippen LogP contribution in [-0.2, 0) is 0 Å². The predicted octanol–water partition coefficient (Wildman–Crippen LogP) is 4.95. The molecule has 0 aliphatic rings. The molecular weight excluding hydrogens is 223 g/mol. The zero-order valence-electron chi connectivity index (χ0n) is 10.2. The van der Waals surface area contributed by atoms with Gasteiger partial charge in [-0.05, 0) is 41.0 Å². The summed E-state index contributed by atoms with van der Waals surface area (Å²) in [5.41, 5.74) is 3.44. The summed E-state index contributed by atoms with van der Waals surface area (Å²) in [5.74, 6) is -0.199. The van der Waals surface area contributed by atoms with E-state index in [4.69, 9.17) is 0 Å². The summed E-state index contributed by atoms with van der Waals surface area (Å²) in [7, 11) is 0. The number of hydrogen-bond donors (Lipinski definition) is 0. The van der Waals surface area contributed by atoms with E-state index >= 15 is 0 Å². The Kier molecular flexibility index (Phi) is 2.60. The lowest BCUT2D eigenvalue weighted by molar-refractivity contribution is 0.628. The average Bonchev–Trinajstić information content (AvgIpc) is 2.38. The Morgan fingerprint density at radius 3 is 2.39 bits per heavy atom. The highest BCUT2D eigenvalue weighted by molar-refractivity contribution is 5.96. The molecule has 0 atom stereocenters. The van der Waals surface area contributed by atoms with Crippen molar-refractivity contribution in [1.29, 1.82) is 0 Å². The van der Waals surface area contributed by atoms with Crippen LogP contribution in [0, 0.1) is 12.7 Å². The van der Waals surface area contributed by atoms with Gasteiger partial charge in [0.1, 0.15) is 5.82 Å². The van der Waals surface area contributed by atoms with Gasteiger partial charge < -0.3 is 0 Å². The molecule has 0 nitrogen and oxygen atoms in total. The highest BCUT2D eigenvalue weighted by Gasteiger charge is 2.03. The van der Waals surface area contributed by atoms with Crippen LogP contribution in [0.25, 0.3) is 21.9 Å². The lowest BCUT2D eigenvalue weighted by atomic mass is 9.97. The average molecular weight is 236 g/mol. The van der Waals surface area contributed by atoms with Crippen LogP contribution >= 0.6 is 0 Å². The molecule has 0 aliphatic carbocycles. The van der Waals surface area contributed by atoms with Gasteiger partial charge in [0.2, 0.25) is 0 Å². The summed E-state index contributed by atoms with van der Waals surface area (Å²) in [6.45, 7) is 2.09. The van der Waals surface area contributed by atoms with Crippen LogP contribution < -0.4 is 0 Å². The molecule has 3 aromatic carbocycles. The maximum Gasteiger partial charge on any atom is 0.123 e. The molecule has 3 aromatic rings. The fraction of sp³-hybridized carbons (Fsp3) is 0.0588. The normalized spacial score (nSPS) is 10.8. The molecule has 0 N–H and O–H groups in total. The van der Waals surface area contributed by atoms with E-state index in [0.29, 0.717) is 0 Å². The predicted molar refractivity (Wildman–Crippen MR) is 74.1 cm³/mol. The van der Waals surface area contributed by atoms with Crippen LogP contribution in [0.4, 0.5) is 4.39 Å². The largest absolute Gasteiger partial charge is 0.207 e. The second kappa shape index (κ2) is 4.26. The van der Waals surface area contributed by atoms with Crippen molar-refractivity contribution < 1.29 is 4.39 Å². The van der Waals surface area contributed by atoms with E-state index in [1.165, 1.54) is 28.5 Å². The Bertz CT molecular complexity index is 696. The van der Waals surface area contributed by atoms with Crippen LogP contribution in [0.15, 0.2) is 60.7 Å². The summed E-state index contributed by atoms with van der Waals surface area (Å²) in [6, 6.07) is 19.3. The molecule has 0 aliphatic heterocycles. The van der Waals surface area contributed by atoms with Crippen molar-refractivity contribution in [1.82, 2.24) is 0 Å². The monoisotopic (exact) mass is 236 g/mol. The summed E-state index contributed by atoms with van der Waals surface area (Å²) >= 11 is 0. The maximum atomic E-state index is 13.0. The van der Waals surface area contributed by atoms with E-state index in [1.54, 1.807) is 0 Å². The summed E-state index contributed by atoms with van der Waals surface area (Å²) in [4.78, 5) is 0. The Balaban J connectivity index is 2.26. The van der Waals surface area contributed by atoms with Gasteiger partial charge in [-0.15, -0.1) is 0 Å². The molecule has 18 heavy (non-hydrogen) atoms. The second-order valence-corrected chi connectivity index (χ2v) is 4.54. The quantitative estimate of drug-likeness (QED) is 0.560. The standard InChI is InChI=1S/C17H13F/c1-12-5-10-17-14(11-12)3-2-4-16(17)13-6-8-15(18)9-7-13/h2-11H,1H3. The smallest absolute Gasteiger partial charge is 0.123 e. The van der Waals surface area contributed by atoms with Gasteiger partial charge in [0.15, 0.2) is 0 Å². The van der Waals surface area contributed by atoms with Crippen molar-refractivity contribution >= 4 is 10.8 Å². The van der Waals surface area contributed by atoms with Gasteiger partial charge in [-0.3, -0.25) is 0 Å². The molecule has 0 saturated carbocycles. The summed E-state index contributed by atoms with van der Waals surface area (Å²) in [5, 5.41) is 2.42. The summed E-state index contributed by atoms with van der Waals surface area (Å²) in [6.07, 6.45) is 0. The van der Waals surface area contributed by atoms with Gasteiger partial charge in [0.05, 0.1) is 0 Å². The lowest BCUT2D eigenvalue weighted by Gasteiger charge is -2.07. The number of fused-ring (bicyclic) bond motifs is 1. The second-order valence-electron chi connectivity index (χ2n) is 4.54. The third-order valence-electron chi connectivity index (χ3n) is 3.19. The van der Waals surface area contributed by atoms with Gasteiger partial charge in [-0.25, -0.2) is 4.39 Å². The first-order valence-corrected chi connectivity index (χ1v) is 5.99. The Morgan fingerprint density at radius 1 is 0.833 bits per heavy atom. The van der Waals surface area contributed by atoms with Gasteiger partial charge in [0.25, 0.3) is 0 Å². The van der Waals surface area contributed by atoms with E-state index in [1.807, 2.05) is 18.2 Å². The van der Waals surface area contributed by atoms with E-state index in [9.17, 15) is 4.39 Å². The molecule has 0 amide bonds. The van der Waals surface area contributed by atoms with E-state index in [-0.39, 0.29) is 5.82 Å². The minimum atomic E-state index is -0.199. The van der Waals surface area contributed by atoms with Crippen molar-refractivity contribution in [3.05, 3.63) is 72.0 Å². The fourth-order valence-electron chi connectivity index (χ4n) is 2.28. The minimum Gasteiger partial charge on any atom is -0.207 e. The molecule has 1 heteroatoms. The number of rotatable bonds is 1. The zero-order valence-corrected chi connectivity index (χ0v) is 10.2. The zero-order chi connectivity index (χ0) is 12.5. The molecule has 0 saturated heterocycles. The molecule has 0 bridgehead atoms. The van der Waals surface area contributed by atoms with Crippen molar-refractivity contribution in [2.45, 2.75) is 6.92 Å². The van der Waals surface area contributed by atoms with Crippen molar-refractivity contribution in [2.24, 2.45) is 0 Å². The van der Waals surface area contributed by atoms with Crippen LogP contribution in [0.1, 0.15) is 5.56 Å².